The fraction of sp³-hybridized carbons (Fsp3) is 0.500. The Bertz CT molecular complexity index is 334. The van der Waals surface area contributed by atoms with Crippen LogP contribution in [0.5, 0.6) is 0 Å². The second kappa shape index (κ2) is 5.01. The zero-order chi connectivity index (χ0) is 10.7. The van der Waals surface area contributed by atoms with Crippen LogP contribution in [-0.4, -0.2) is 26.0 Å². The van der Waals surface area contributed by atoms with Gasteiger partial charge in [-0.05, 0) is 30.4 Å². The fourth-order valence-corrected chi connectivity index (χ4v) is 2.59. The van der Waals surface area contributed by atoms with Gasteiger partial charge in [0, 0.05) is 18.0 Å². The van der Waals surface area contributed by atoms with Gasteiger partial charge in [0.1, 0.15) is 0 Å². The molecule has 0 radical (unpaired) electrons. The van der Waals surface area contributed by atoms with Crippen molar-refractivity contribution in [3.05, 3.63) is 29.3 Å². The molecule has 0 amide bonds. The molecule has 0 spiro atoms. The van der Waals surface area contributed by atoms with Gasteiger partial charge in [0.25, 0.3) is 0 Å². The molecule has 1 heterocycles. The van der Waals surface area contributed by atoms with Crippen molar-refractivity contribution in [2.45, 2.75) is 17.9 Å². The van der Waals surface area contributed by atoms with E-state index < -0.39 is 0 Å². The fourth-order valence-electron chi connectivity index (χ4n) is 1.85. The molecule has 1 unspecified atom stereocenters. The zero-order valence-electron chi connectivity index (χ0n) is 9.25. The Morgan fingerprint density at radius 1 is 1.47 bits per heavy atom. The smallest absolute Gasteiger partial charge is 0.0960 e. The summed E-state index contributed by atoms with van der Waals surface area (Å²) in [5.74, 6) is 0. The van der Waals surface area contributed by atoms with Gasteiger partial charge in [0.15, 0.2) is 0 Å². The van der Waals surface area contributed by atoms with Gasteiger partial charge >= 0.3 is 0 Å². The summed E-state index contributed by atoms with van der Waals surface area (Å²) in [6.45, 7) is 4.84. The lowest BCUT2D eigenvalue weighted by Crippen LogP contribution is -2.33. The standard InChI is InChI=1S/C12H17NOS/c1-9-3-4-10(12(7-9)15-2)11-8-13-5-6-14-11/h3-4,7,11,13H,5-6,8H2,1-2H3. The van der Waals surface area contributed by atoms with Crippen molar-refractivity contribution >= 4 is 11.8 Å². The Hall–Kier alpha value is -0.510. The first-order valence-corrected chi connectivity index (χ1v) is 6.50. The third-order valence-corrected chi connectivity index (χ3v) is 3.46. The molecule has 2 rings (SSSR count). The number of ether oxygens (including phenoxy) is 1. The Labute approximate surface area is 95.4 Å². The van der Waals surface area contributed by atoms with Crippen LogP contribution in [0.1, 0.15) is 17.2 Å². The first-order valence-electron chi connectivity index (χ1n) is 5.28. The lowest BCUT2D eigenvalue weighted by Gasteiger charge is -2.25. The van der Waals surface area contributed by atoms with Crippen molar-refractivity contribution in [1.29, 1.82) is 0 Å². The highest BCUT2D eigenvalue weighted by Crippen LogP contribution is 2.29. The molecule has 2 nitrogen and oxygen atoms in total. The summed E-state index contributed by atoms with van der Waals surface area (Å²) in [6, 6.07) is 6.59. The normalized spacial score (nSPS) is 21.6. The molecule has 0 saturated carbocycles. The van der Waals surface area contributed by atoms with Crippen molar-refractivity contribution in [3.8, 4) is 0 Å². The molecule has 1 N–H and O–H groups in total. The molecule has 1 aromatic rings. The third-order valence-electron chi connectivity index (χ3n) is 2.66. The lowest BCUT2D eigenvalue weighted by atomic mass is 10.1. The molecule has 3 heteroatoms. The van der Waals surface area contributed by atoms with Crippen molar-refractivity contribution in [3.63, 3.8) is 0 Å². The maximum atomic E-state index is 5.77. The maximum Gasteiger partial charge on any atom is 0.0960 e. The number of thioether (sulfide) groups is 1. The molecule has 0 aromatic heterocycles. The summed E-state index contributed by atoms with van der Waals surface area (Å²) < 4.78 is 5.77. The van der Waals surface area contributed by atoms with Crippen molar-refractivity contribution in [2.24, 2.45) is 0 Å². The zero-order valence-corrected chi connectivity index (χ0v) is 10.1. The number of nitrogens with one attached hydrogen (secondary N) is 1. The van der Waals surface area contributed by atoms with E-state index in [4.69, 9.17) is 4.74 Å². The first kappa shape index (κ1) is 11.0. The van der Waals surface area contributed by atoms with Crippen molar-refractivity contribution in [2.75, 3.05) is 26.0 Å². The highest BCUT2D eigenvalue weighted by molar-refractivity contribution is 7.98. The highest BCUT2D eigenvalue weighted by Gasteiger charge is 2.18. The number of aryl methyl sites for hydroxylation is 1. The molecule has 15 heavy (non-hydrogen) atoms. The minimum absolute atomic E-state index is 0.224. The second-order valence-electron chi connectivity index (χ2n) is 3.81. The second-order valence-corrected chi connectivity index (χ2v) is 4.66. The number of benzene rings is 1. The molecule has 1 atom stereocenters. The molecule has 0 aliphatic carbocycles. The highest BCUT2D eigenvalue weighted by atomic mass is 32.2. The van der Waals surface area contributed by atoms with Crippen LogP contribution in [0.25, 0.3) is 0 Å². The topological polar surface area (TPSA) is 21.3 Å². The predicted molar refractivity (Wildman–Crippen MR) is 64.5 cm³/mol. The van der Waals surface area contributed by atoms with Gasteiger partial charge in [-0.3, -0.25) is 0 Å². The SMILES string of the molecule is CSc1cc(C)ccc1C1CNCCO1. The largest absolute Gasteiger partial charge is 0.371 e. The van der Waals surface area contributed by atoms with E-state index in [0.29, 0.717) is 0 Å². The average molecular weight is 223 g/mol. The van der Waals surface area contributed by atoms with Crippen LogP contribution in [0.2, 0.25) is 0 Å². The van der Waals surface area contributed by atoms with E-state index in [2.05, 4.69) is 36.7 Å². The van der Waals surface area contributed by atoms with Gasteiger partial charge in [0.05, 0.1) is 12.7 Å². The van der Waals surface area contributed by atoms with Crippen LogP contribution in [-0.2, 0) is 4.74 Å². The van der Waals surface area contributed by atoms with Crippen LogP contribution in [0.3, 0.4) is 0 Å². The predicted octanol–water partition coefficient (Wildman–Crippen LogP) is 2.38. The van der Waals surface area contributed by atoms with Crippen LogP contribution in [0.4, 0.5) is 0 Å². The molecule has 1 fully saturated rings. The number of morpholine rings is 1. The van der Waals surface area contributed by atoms with Gasteiger partial charge in [-0.2, -0.15) is 0 Å². The van der Waals surface area contributed by atoms with E-state index >= 15 is 0 Å². The maximum absolute atomic E-state index is 5.77. The quantitative estimate of drug-likeness (QED) is 0.778. The van der Waals surface area contributed by atoms with E-state index in [1.807, 2.05) is 0 Å². The number of hydrogen-bond donors (Lipinski definition) is 1. The summed E-state index contributed by atoms with van der Waals surface area (Å²) in [5, 5.41) is 3.36. The van der Waals surface area contributed by atoms with Crippen LogP contribution < -0.4 is 5.32 Å². The van der Waals surface area contributed by atoms with E-state index in [0.717, 1.165) is 19.7 Å². The first-order chi connectivity index (χ1) is 7.31. The van der Waals surface area contributed by atoms with Gasteiger partial charge in [-0.1, -0.05) is 12.1 Å². The monoisotopic (exact) mass is 223 g/mol. The minimum Gasteiger partial charge on any atom is -0.371 e. The van der Waals surface area contributed by atoms with E-state index in [1.165, 1.54) is 16.0 Å². The van der Waals surface area contributed by atoms with Crippen LogP contribution >= 0.6 is 11.8 Å². The van der Waals surface area contributed by atoms with E-state index in [9.17, 15) is 0 Å². The third kappa shape index (κ3) is 2.54. The summed E-state index contributed by atoms with van der Waals surface area (Å²) in [5.41, 5.74) is 2.63. The van der Waals surface area contributed by atoms with Gasteiger partial charge in [0.2, 0.25) is 0 Å². The Morgan fingerprint density at radius 3 is 3.00 bits per heavy atom. The minimum atomic E-state index is 0.224. The number of rotatable bonds is 2. The summed E-state index contributed by atoms with van der Waals surface area (Å²) in [4.78, 5) is 1.34. The van der Waals surface area contributed by atoms with Gasteiger partial charge in [-0.15, -0.1) is 11.8 Å². The molecule has 1 aromatic carbocycles. The van der Waals surface area contributed by atoms with E-state index in [-0.39, 0.29) is 6.10 Å². The lowest BCUT2D eigenvalue weighted by molar-refractivity contribution is 0.0261. The van der Waals surface area contributed by atoms with E-state index in [1.54, 1.807) is 11.8 Å². The average Bonchev–Trinajstić information content (AvgIpc) is 2.30. The van der Waals surface area contributed by atoms with Crippen LogP contribution in [0.15, 0.2) is 23.1 Å². The molecule has 1 saturated heterocycles. The molecule has 1 aliphatic heterocycles. The molecule has 82 valence electrons. The Kier molecular flexibility index (Phi) is 3.67. The molecular formula is C12H17NOS. The summed E-state index contributed by atoms with van der Waals surface area (Å²) >= 11 is 1.80. The summed E-state index contributed by atoms with van der Waals surface area (Å²) in [7, 11) is 0. The van der Waals surface area contributed by atoms with Crippen LogP contribution in [0, 0.1) is 6.92 Å². The summed E-state index contributed by atoms with van der Waals surface area (Å²) in [6.07, 6.45) is 2.34. The van der Waals surface area contributed by atoms with Gasteiger partial charge in [-0.25, -0.2) is 0 Å². The molecule has 1 aliphatic rings. The van der Waals surface area contributed by atoms with Crippen molar-refractivity contribution in [1.82, 2.24) is 5.32 Å². The van der Waals surface area contributed by atoms with Crippen molar-refractivity contribution < 1.29 is 4.74 Å². The Morgan fingerprint density at radius 2 is 2.33 bits per heavy atom. The number of hydrogen-bond acceptors (Lipinski definition) is 3. The van der Waals surface area contributed by atoms with Gasteiger partial charge < -0.3 is 10.1 Å². The Balaban J connectivity index is 2.25. The molecule has 0 bridgehead atoms. The molecular weight excluding hydrogens is 206 g/mol.